The number of esters is 1. The van der Waals surface area contributed by atoms with Crippen LogP contribution in [0.1, 0.15) is 29.5 Å². The number of ether oxygens (including phenoxy) is 2. The van der Waals surface area contributed by atoms with Crippen molar-refractivity contribution in [1.82, 2.24) is 4.98 Å². The molecule has 2 heterocycles. The first-order chi connectivity index (χ1) is 10.4. The van der Waals surface area contributed by atoms with E-state index in [1.807, 2.05) is 0 Å². The number of hydrogen-bond donors (Lipinski definition) is 0. The summed E-state index contributed by atoms with van der Waals surface area (Å²) >= 11 is 0. The fraction of sp³-hybridized carbons (Fsp3) is 0.571. The molecule has 122 valence electrons. The lowest BCUT2D eigenvalue weighted by Crippen LogP contribution is -2.40. The topological polar surface area (TPSA) is 85.8 Å². The third kappa shape index (κ3) is 3.38. The van der Waals surface area contributed by atoms with Crippen LogP contribution in [0.2, 0.25) is 0 Å². The van der Waals surface area contributed by atoms with Crippen LogP contribution < -0.4 is 4.31 Å². The first kappa shape index (κ1) is 16.7. The van der Waals surface area contributed by atoms with Crippen LogP contribution >= 0.6 is 0 Å². The number of hydrogen-bond acceptors (Lipinski definition) is 6. The molecule has 0 radical (unpaired) electrons. The monoisotopic (exact) mass is 328 g/mol. The summed E-state index contributed by atoms with van der Waals surface area (Å²) in [7, 11) is -0.730. The van der Waals surface area contributed by atoms with Gasteiger partial charge in [-0.25, -0.2) is 18.2 Å². The zero-order valence-electron chi connectivity index (χ0n) is 12.9. The number of anilines is 1. The molecule has 0 saturated heterocycles. The lowest BCUT2D eigenvalue weighted by Gasteiger charge is -2.30. The maximum absolute atomic E-state index is 12.5. The Morgan fingerprint density at radius 1 is 1.41 bits per heavy atom. The number of rotatable bonds is 5. The summed E-state index contributed by atoms with van der Waals surface area (Å²) in [4.78, 5) is 15.8. The first-order valence-corrected chi connectivity index (χ1v) is 8.61. The fourth-order valence-electron chi connectivity index (χ4n) is 2.38. The lowest BCUT2D eigenvalue weighted by molar-refractivity contribution is 0.0593. The summed E-state index contributed by atoms with van der Waals surface area (Å²) in [6, 6.07) is 3.10. The van der Waals surface area contributed by atoms with E-state index >= 15 is 0 Å². The van der Waals surface area contributed by atoms with Crippen LogP contribution in [0.15, 0.2) is 12.1 Å². The predicted octanol–water partition coefficient (Wildman–Crippen LogP) is 0.986. The highest BCUT2D eigenvalue weighted by Crippen LogP contribution is 2.29. The zero-order valence-corrected chi connectivity index (χ0v) is 13.7. The zero-order chi connectivity index (χ0) is 16.3. The second kappa shape index (κ2) is 6.62. The van der Waals surface area contributed by atoms with Crippen molar-refractivity contribution in [1.29, 1.82) is 0 Å². The molecule has 2 rings (SSSR count). The summed E-state index contributed by atoms with van der Waals surface area (Å²) in [5.74, 6) is -0.627. The minimum atomic E-state index is -3.49. The van der Waals surface area contributed by atoms with Gasteiger partial charge in [-0.1, -0.05) is 0 Å². The molecule has 0 aliphatic carbocycles. The standard InChI is InChI=1S/C14H20N2O5S/c1-10(20-2)9-22(18,19)16-8-4-5-11-13(16)7-6-12(15-11)14(17)21-3/h6-7,10H,4-5,8-9H2,1-3H3. The Morgan fingerprint density at radius 2 is 2.14 bits per heavy atom. The summed E-state index contributed by atoms with van der Waals surface area (Å²) in [5, 5.41) is 0. The second-order valence-corrected chi connectivity index (χ2v) is 7.09. The number of carbonyl (C=O) groups excluding carboxylic acids is 1. The van der Waals surface area contributed by atoms with E-state index in [1.165, 1.54) is 24.6 Å². The van der Waals surface area contributed by atoms with E-state index in [9.17, 15) is 13.2 Å². The molecule has 1 aromatic heterocycles. The van der Waals surface area contributed by atoms with Gasteiger partial charge in [0.25, 0.3) is 0 Å². The van der Waals surface area contributed by atoms with Gasteiger partial charge in [0, 0.05) is 13.7 Å². The molecular weight excluding hydrogens is 308 g/mol. The number of fused-ring (bicyclic) bond motifs is 1. The minimum Gasteiger partial charge on any atom is -0.464 e. The lowest BCUT2D eigenvalue weighted by atomic mass is 10.1. The van der Waals surface area contributed by atoms with E-state index in [0.717, 1.165) is 0 Å². The molecule has 1 aromatic rings. The molecule has 8 heteroatoms. The van der Waals surface area contributed by atoms with Crippen molar-refractivity contribution in [3.8, 4) is 0 Å². The summed E-state index contributed by atoms with van der Waals surface area (Å²) in [6.45, 7) is 2.12. The third-order valence-electron chi connectivity index (χ3n) is 3.57. The molecule has 1 unspecified atom stereocenters. The normalized spacial score (nSPS) is 16.0. The largest absolute Gasteiger partial charge is 0.464 e. The molecule has 0 amide bonds. The van der Waals surface area contributed by atoms with E-state index in [2.05, 4.69) is 9.72 Å². The van der Waals surface area contributed by atoms with Gasteiger partial charge in [-0.2, -0.15) is 0 Å². The molecule has 7 nitrogen and oxygen atoms in total. The molecular formula is C14H20N2O5S. The van der Waals surface area contributed by atoms with E-state index in [4.69, 9.17) is 4.74 Å². The first-order valence-electron chi connectivity index (χ1n) is 7.00. The van der Waals surface area contributed by atoms with E-state index in [0.29, 0.717) is 30.8 Å². The van der Waals surface area contributed by atoms with Gasteiger partial charge in [0.15, 0.2) is 0 Å². The highest BCUT2D eigenvalue weighted by Gasteiger charge is 2.30. The second-order valence-electron chi connectivity index (χ2n) is 5.15. The number of methoxy groups -OCH3 is 2. The molecule has 0 spiro atoms. The van der Waals surface area contributed by atoms with Crippen LogP contribution in [-0.2, 0) is 25.9 Å². The molecule has 22 heavy (non-hydrogen) atoms. The van der Waals surface area contributed by atoms with Crippen LogP contribution in [0.25, 0.3) is 0 Å². The quantitative estimate of drug-likeness (QED) is 0.749. The Bertz CT molecular complexity index is 659. The number of aromatic nitrogens is 1. The van der Waals surface area contributed by atoms with Gasteiger partial charge in [0.1, 0.15) is 5.69 Å². The highest BCUT2D eigenvalue weighted by molar-refractivity contribution is 7.92. The molecule has 1 aliphatic heterocycles. The van der Waals surface area contributed by atoms with Crippen molar-refractivity contribution in [2.24, 2.45) is 0 Å². The molecule has 0 saturated carbocycles. The number of carbonyl (C=O) groups is 1. The number of aryl methyl sites for hydroxylation is 1. The maximum Gasteiger partial charge on any atom is 0.356 e. The van der Waals surface area contributed by atoms with Gasteiger partial charge in [0.05, 0.1) is 30.3 Å². The Balaban J connectivity index is 2.34. The number of nitrogens with zero attached hydrogens (tertiary/aromatic N) is 2. The van der Waals surface area contributed by atoms with Gasteiger partial charge in [-0.05, 0) is 31.9 Å². The van der Waals surface area contributed by atoms with E-state index in [1.54, 1.807) is 13.0 Å². The van der Waals surface area contributed by atoms with Gasteiger partial charge < -0.3 is 9.47 Å². The van der Waals surface area contributed by atoms with Gasteiger partial charge in [-0.3, -0.25) is 4.31 Å². The van der Waals surface area contributed by atoms with E-state index in [-0.39, 0.29) is 11.4 Å². The molecule has 0 aromatic carbocycles. The summed E-state index contributed by atoms with van der Waals surface area (Å²) in [5.41, 5.74) is 1.32. The minimum absolute atomic E-state index is 0.0955. The number of sulfonamides is 1. The van der Waals surface area contributed by atoms with Gasteiger partial charge >= 0.3 is 5.97 Å². The SMILES string of the molecule is COC(=O)c1ccc2c(n1)CCCN2S(=O)(=O)CC(C)OC. The molecule has 1 atom stereocenters. The van der Waals surface area contributed by atoms with Gasteiger partial charge in [-0.15, -0.1) is 0 Å². The smallest absolute Gasteiger partial charge is 0.356 e. The third-order valence-corrected chi connectivity index (χ3v) is 5.51. The maximum atomic E-state index is 12.5. The van der Waals surface area contributed by atoms with E-state index < -0.39 is 22.1 Å². The Kier molecular flexibility index (Phi) is 5.02. The van der Waals surface area contributed by atoms with Crippen LogP contribution in [0.4, 0.5) is 5.69 Å². The molecule has 1 aliphatic rings. The van der Waals surface area contributed by atoms with Crippen LogP contribution in [0, 0.1) is 0 Å². The number of pyridine rings is 1. The van der Waals surface area contributed by atoms with Crippen molar-refractivity contribution in [2.75, 3.05) is 30.8 Å². The Morgan fingerprint density at radius 3 is 2.77 bits per heavy atom. The van der Waals surface area contributed by atoms with Crippen molar-refractivity contribution in [3.05, 3.63) is 23.5 Å². The molecule has 0 bridgehead atoms. The fourth-order valence-corrected chi connectivity index (χ4v) is 4.16. The van der Waals surface area contributed by atoms with Crippen LogP contribution in [-0.4, -0.2) is 52.0 Å². The van der Waals surface area contributed by atoms with Crippen LogP contribution in [0.5, 0.6) is 0 Å². The average molecular weight is 328 g/mol. The van der Waals surface area contributed by atoms with Crippen molar-refractivity contribution in [2.45, 2.75) is 25.9 Å². The van der Waals surface area contributed by atoms with Crippen molar-refractivity contribution < 1.29 is 22.7 Å². The summed E-state index contributed by atoms with van der Waals surface area (Å²) < 4.78 is 36.1. The highest BCUT2D eigenvalue weighted by atomic mass is 32.2. The van der Waals surface area contributed by atoms with Crippen LogP contribution in [0.3, 0.4) is 0 Å². The Labute approximate surface area is 130 Å². The molecule has 0 fully saturated rings. The predicted molar refractivity (Wildman–Crippen MR) is 81.5 cm³/mol. The summed E-state index contributed by atoms with van der Waals surface area (Å²) in [6.07, 6.45) is 0.898. The van der Waals surface area contributed by atoms with Crippen molar-refractivity contribution >= 4 is 21.7 Å². The average Bonchev–Trinajstić information content (AvgIpc) is 2.52. The van der Waals surface area contributed by atoms with Crippen molar-refractivity contribution in [3.63, 3.8) is 0 Å². The van der Waals surface area contributed by atoms with Gasteiger partial charge in [0.2, 0.25) is 10.0 Å². The Hall–Kier alpha value is -1.67. The molecule has 0 N–H and O–H groups in total.